The van der Waals surface area contributed by atoms with Crippen molar-refractivity contribution in [3.05, 3.63) is 53.3 Å². The van der Waals surface area contributed by atoms with Crippen molar-refractivity contribution < 1.29 is 22.4 Å². The summed E-state index contributed by atoms with van der Waals surface area (Å²) >= 11 is 0.942. The summed E-state index contributed by atoms with van der Waals surface area (Å²) in [6, 6.07) is 11.9. The molecule has 1 atom stereocenters. The van der Waals surface area contributed by atoms with E-state index < -0.39 is 26.8 Å². The van der Waals surface area contributed by atoms with E-state index in [-0.39, 0.29) is 23.5 Å². The van der Waals surface area contributed by atoms with Gasteiger partial charge in [0.1, 0.15) is 10.8 Å². The quantitative estimate of drug-likeness (QED) is 0.563. The second kappa shape index (κ2) is 8.35. The van der Waals surface area contributed by atoms with Crippen LogP contribution in [0.3, 0.4) is 0 Å². The van der Waals surface area contributed by atoms with E-state index in [4.69, 9.17) is 0 Å². The number of thiazole rings is 1. The Bertz CT molecular complexity index is 1250. The minimum atomic E-state index is -3.89. The van der Waals surface area contributed by atoms with Gasteiger partial charge < -0.3 is 10.6 Å². The molecule has 0 radical (unpaired) electrons. The Morgan fingerprint density at radius 2 is 1.94 bits per heavy atom. The first-order chi connectivity index (χ1) is 14.7. The fraction of sp³-hybridized carbons (Fsp3) is 0.286. The van der Waals surface area contributed by atoms with E-state index in [1.54, 1.807) is 30.3 Å². The van der Waals surface area contributed by atoms with Gasteiger partial charge in [-0.2, -0.15) is 0 Å². The largest absolute Gasteiger partial charge is 0.352 e. The minimum absolute atomic E-state index is 0.0298. The molecule has 3 aromatic rings. The molecular weight excluding hydrogens is 441 g/mol. The van der Waals surface area contributed by atoms with Crippen molar-refractivity contribution in [2.75, 3.05) is 12.8 Å². The van der Waals surface area contributed by atoms with Gasteiger partial charge in [-0.1, -0.05) is 30.3 Å². The van der Waals surface area contributed by atoms with Crippen LogP contribution < -0.4 is 10.6 Å². The van der Waals surface area contributed by atoms with Gasteiger partial charge in [0.2, 0.25) is 11.8 Å². The lowest BCUT2D eigenvalue weighted by Crippen LogP contribution is -2.41. The molecule has 31 heavy (non-hydrogen) atoms. The molecule has 7 nitrogen and oxygen atoms in total. The number of halogens is 1. The van der Waals surface area contributed by atoms with Gasteiger partial charge >= 0.3 is 0 Å². The van der Waals surface area contributed by atoms with Gasteiger partial charge in [-0.05, 0) is 30.5 Å². The van der Waals surface area contributed by atoms with Gasteiger partial charge in [0.05, 0.1) is 16.8 Å². The highest BCUT2D eigenvalue weighted by Gasteiger charge is 2.34. The van der Waals surface area contributed by atoms with Crippen LogP contribution in [0.2, 0.25) is 0 Å². The number of carbonyl (C=O) groups is 2. The average molecular weight is 462 g/mol. The smallest absolute Gasteiger partial charge is 0.245 e. The number of benzene rings is 2. The van der Waals surface area contributed by atoms with E-state index in [2.05, 4.69) is 15.6 Å². The maximum absolute atomic E-state index is 14.7. The monoisotopic (exact) mass is 461 g/mol. The lowest BCUT2D eigenvalue weighted by molar-refractivity contribution is -0.126. The first-order valence-corrected chi connectivity index (χ1v) is 12.4. The van der Waals surface area contributed by atoms with Gasteiger partial charge in [0, 0.05) is 17.9 Å². The van der Waals surface area contributed by atoms with Gasteiger partial charge in [-0.25, -0.2) is 17.8 Å². The molecule has 0 saturated heterocycles. The first kappa shape index (κ1) is 21.4. The molecule has 1 heterocycles. The maximum Gasteiger partial charge on any atom is 0.245 e. The Hall–Kier alpha value is -2.85. The summed E-state index contributed by atoms with van der Waals surface area (Å²) in [5.74, 6) is -1.68. The molecule has 1 aromatic heterocycles. The summed E-state index contributed by atoms with van der Waals surface area (Å²) in [6.45, 7) is -0.320. The third-order valence-electron chi connectivity index (χ3n) is 4.83. The van der Waals surface area contributed by atoms with E-state index in [9.17, 15) is 22.4 Å². The summed E-state index contributed by atoms with van der Waals surface area (Å²) < 4.78 is 39.8. The number of fused-ring (bicyclic) bond motifs is 1. The Kier molecular flexibility index (Phi) is 5.76. The normalized spacial score (nSPS) is 14.9. The predicted octanol–water partition coefficient (Wildman–Crippen LogP) is 2.58. The molecule has 10 heteroatoms. The van der Waals surface area contributed by atoms with Gasteiger partial charge in [0.15, 0.2) is 15.1 Å². The van der Waals surface area contributed by atoms with E-state index in [1.807, 2.05) is 6.07 Å². The van der Waals surface area contributed by atoms with Crippen molar-refractivity contribution in [2.24, 2.45) is 0 Å². The van der Waals surface area contributed by atoms with Gasteiger partial charge in [0.25, 0.3) is 0 Å². The SMILES string of the molecule is CS(=O)(=O)C(C(=O)NCC(=O)NC1CC1)c1nc2cc(-c3ccccc3)c(F)cc2s1. The summed E-state index contributed by atoms with van der Waals surface area (Å²) in [7, 11) is -3.89. The third kappa shape index (κ3) is 4.91. The first-order valence-electron chi connectivity index (χ1n) is 9.63. The lowest BCUT2D eigenvalue weighted by Gasteiger charge is -2.12. The zero-order valence-corrected chi connectivity index (χ0v) is 18.2. The van der Waals surface area contributed by atoms with Crippen molar-refractivity contribution in [1.82, 2.24) is 15.6 Å². The van der Waals surface area contributed by atoms with E-state index >= 15 is 0 Å². The van der Waals surface area contributed by atoms with Crippen molar-refractivity contribution in [3.63, 3.8) is 0 Å². The number of nitrogens with zero attached hydrogens (tertiary/aromatic N) is 1. The predicted molar refractivity (Wildman–Crippen MR) is 117 cm³/mol. The van der Waals surface area contributed by atoms with Crippen LogP contribution >= 0.6 is 11.3 Å². The summed E-state index contributed by atoms with van der Waals surface area (Å²) in [5, 5.41) is 3.54. The Morgan fingerprint density at radius 3 is 2.58 bits per heavy atom. The van der Waals surface area contributed by atoms with E-state index in [0.717, 1.165) is 30.4 Å². The van der Waals surface area contributed by atoms with Crippen LogP contribution in [-0.2, 0) is 19.4 Å². The van der Waals surface area contributed by atoms with Gasteiger partial charge in [-0.3, -0.25) is 9.59 Å². The van der Waals surface area contributed by atoms with Crippen LogP contribution in [0, 0.1) is 5.82 Å². The van der Waals surface area contributed by atoms with Gasteiger partial charge in [-0.15, -0.1) is 11.3 Å². The number of carbonyl (C=O) groups excluding carboxylic acids is 2. The van der Waals surface area contributed by atoms with Crippen LogP contribution in [0.5, 0.6) is 0 Å². The molecule has 0 aliphatic heterocycles. The average Bonchev–Trinajstić information content (AvgIpc) is 3.43. The summed E-state index contributed by atoms with van der Waals surface area (Å²) in [4.78, 5) is 28.8. The molecule has 1 unspecified atom stereocenters. The van der Waals surface area contributed by atoms with Crippen LogP contribution in [0.1, 0.15) is 23.1 Å². The van der Waals surface area contributed by atoms with Crippen LogP contribution in [0.25, 0.3) is 21.3 Å². The highest BCUT2D eigenvalue weighted by molar-refractivity contribution is 7.91. The molecule has 4 rings (SSSR count). The molecular formula is C21H20FN3O4S2. The summed E-state index contributed by atoms with van der Waals surface area (Å²) in [5.41, 5.74) is 1.39. The topological polar surface area (TPSA) is 105 Å². The molecule has 1 saturated carbocycles. The Morgan fingerprint density at radius 1 is 1.23 bits per heavy atom. The van der Waals surface area contributed by atoms with Crippen LogP contribution in [-0.4, -0.2) is 44.1 Å². The second-order valence-corrected chi connectivity index (χ2v) is 10.7. The Balaban J connectivity index is 1.63. The molecule has 0 bridgehead atoms. The molecule has 1 fully saturated rings. The zero-order valence-electron chi connectivity index (χ0n) is 16.6. The number of amides is 2. The fourth-order valence-corrected chi connectivity index (χ4v) is 5.69. The highest BCUT2D eigenvalue weighted by Crippen LogP contribution is 2.34. The number of sulfone groups is 1. The lowest BCUT2D eigenvalue weighted by atomic mass is 10.1. The highest BCUT2D eigenvalue weighted by atomic mass is 32.2. The zero-order chi connectivity index (χ0) is 22.2. The standard InChI is InChI=1S/C21H20FN3O4S2/c1-31(28,29)19(20(27)23-11-18(26)24-13-7-8-13)21-25-16-9-14(12-5-3-2-4-6-12)15(22)10-17(16)30-21/h2-6,9-10,13,19H,7-8,11H2,1H3,(H,23,27)(H,24,26). The Labute approximate surface area is 182 Å². The molecule has 2 aromatic carbocycles. The van der Waals surface area contributed by atoms with Crippen molar-refractivity contribution in [3.8, 4) is 11.1 Å². The van der Waals surface area contributed by atoms with Crippen molar-refractivity contribution in [2.45, 2.75) is 24.1 Å². The molecule has 1 aliphatic rings. The van der Waals surface area contributed by atoms with E-state index in [0.29, 0.717) is 21.3 Å². The molecule has 1 aliphatic carbocycles. The molecule has 162 valence electrons. The maximum atomic E-state index is 14.7. The third-order valence-corrected chi connectivity index (χ3v) is 7.36. The number of hydrogen-bond acceptors (Lipinski definition) is 6. The molecule has 2 N–H and O–H groups in total. The number of nitrogens with one attached hydrogen (secondary N) is 2. The van der Waals surface area contributed by atoms with Crippen molar-refractivity contribution >= 4 is 43.2 Å². The minimum Gasteiger partial charge on any atom is -0.352 e. The van der Waals surface area contributed by atoms with E-state index in [1.165, 1.54) is 6.07 Å². The molecule has 2 amide bonds. The number of aromatic nitrogens is 1. The van der Waals surface area contributed by atoms with Crippen LogP contribution in [0.15, 0.2) is 42.5 Å². The van der Waals surface area contributed by atoms with Crippen LogP contribution in [0.4, 0.5) is 4.39 Å². The fourth-order valence-electron chi connectivity index (χ4n) is 3.17. The number of rotatable bonds is 7. The number of hydrogen-bond donors (Lipinski definition) is 2. The second-order valence-electron chi connectivity index (χ2n) is 7.49. The summed E-state index contributed by atoms with van der Waals surface area (Å²) in [6.07, 6.45) is 2.74. The molecule has 0 spiro atoms. The van der Waals surface area contributed by atoms with Crippen molar-refractivity contribution in [1.29, 1.82) is 0 Å².